The van der Waals surface area contributed by atoms with Crippen LogP contribution in [0.15, 0.2) is 41.4 Å². The molecule has 0 radical (unpaired) electrons. The zero-order valence-corrected chi connectivity index (χ0v) is 15.0. The van der Waals surface area contributed by atoms with Crippen LogP contribution < -0.4 is 4.90 Å². The van der Waals surface area contributed by atoms with Crippen molar-refractivity contribution in [2.45, 2.75) is 24.2 Å². The van der Waals surface area contributed by atoms with E-state index in [0.717, 1.165) is 47.0 Å². The number of nitrogens with zero attached hydrogens (tertiary/aromatic N) is 2. The van der Waals surface area contributed by atoms with Gasteiger partial charge in [-0.3, -0.25) is 9.69 Å². The van der Waals surface area contributed by atoms with Crippen molar-refractivity contribution in [3.63, 3.8) is 0 Å². The molecule has 0 atom stereocenters. The minimum atomic E-state index is -4.56. The fraction of sp³-hybridized carbons (Fsp3) is 0.294. The van der Waals surface area contributed by atoms with Gasteiger partial charge in [-0.1, -0.05) is 6.92 Å². The molecular formula is C17H14F6N2OS. The molecule has 0 aliphatic carbocycles. The average molecular weight is 408 g/mol. The molecule has 0 bridgehead atoms. The number of carbonyl (C=O) groups is 1. The lowest BCUT2D eigenvalue weighted by Crippen LogP contribution is -2.28. The van der Waals surface area contributed by atoms with Crippen molar-refractivity contribution in [1.82, 2.24) is 4.98 Å². The van der Waals surface area contributed by atoms with Crippen LogP contribution in [0.1, 0.15) is 28.4 Å². The molecule has 27 heavy (non-hydrogen) atoms. The quantitative estimate of drug-likeness (QED) is 0.494. The maximum atomic E-state index is 12.9. The van der Waals surface area contributed by atoms with Crippen molar-refractivity contribution in [3.05, 3.63) is 53.2 Å². The number of hydrogen-bond acceptors (Lipinski definition) is 3. The standard InChI is InChI=1S/C17H14F6N2OS/c1-3-27-13-8-10(16(18,19)20)4-6-12(13)15(26)25(2)14-7-5-11(9-24-14)17(21,22)23/h4-9H,3H2,1-2H3. The molecule has 2 aromatic rings. The Bertz CT molecular complexity index is 818. The van der Waals surface area contributed by atoms with Crippen LogP contribution in [0.2, 0.25) is 0 Å². The summed E-state index contributed by atoms with van der Waals surface area (Å²) in [4.78, 5) is 17.4. The van der Waals surface area contributed by atoms with Crippen LogP contribution in [0.25, 0.3) is 0 Å². The molecule has 146 valence electrons. The highest BCUT2D eigenvalue weighted by molar-refractivity contribution is 7.99. The molecule has 3 nitrogen and oxygen atoms in total. The van der Waals surface area contributed by atoms with Gasteiger partial charge < -0.3 is 0 Å². The Morgan fingerprint density at radius 1 is 1.04 bits per heavy atom. The minimum absolute atomic E-state index is 0.0130. The van der Waals surface area contributed by atoms with Gasteiger partial charge in [0.05, 0.1) is 16.7 Å². The molecule has 1 aromatic carbocycles. The third kappa shape index (κ3) is 4.94. The Labute approximate surface area is 155 Å². The molecule has 0 aliphatic heterocycles. The van der Waals surface area contributed by atoms with Crippen LogP contribution >= 0.6 is 11.8 Å². The molecule has 1 aromatic heterocycles. The van der Waals surface area contributed by atoms with Gasteiger partial charge in [0, 0.05) is 18.1 Å². The number of amides is 1. The van der Waals surface area contributed by atoms with E-state index in [2.05, 4.69) is 4.98 Å². The normalized spacial score (nSPS) is 12.1. The second-order valence-electron chi connectivity index (χ2n) is 5.41. The largest absolute Gasteiger partial charge is 0.417 e. The highest BCUT2D eigenvalue weighted by atomic mass is 32.2. The summed E-state index contributed by atoms with van der Waals surface area (Å²) in [6.45, 7) is 1.72. The number of rotatable bonds is 4. The summed E-state index contributed by atoms with van der Waals surface area (Å²) in [5.74, 6) is -0.295. The molecule has 0 unspecified atom stereocenters. The van der Waals surface area contributed by atoms with E-state index in [4.69, 9.17) is 0 Å². The number of thioether (sulfide) groups is 1. The van der Waals surface area contributed by atoms with E-state index in [1.165, 1.54) is 7.05 Å². The maximum absolute atomic E-state index is 12.9. The number of pyridine rings is 1. The number of hydrogen-bond donors (Lipinski definition) is 0. The van der Waals surface area contributed by atoms with E-state index >= 15 is 0 Å². The van der Waals surface area contributed by atoms with Crippen molar-refractivity contribution in [3.8, 4) is 0 Å². The third-order valence-corrected chi connectivity index (χ3v) is 4.50. The topological polar surface area (TPSA) is 33.2 Å². The van der Waals surface area contributed by atoms with Crippen LogP contribution in [-0.4, -0.2) is 23.7 Å². The lowest BCUT2D eigenvalue weighted by molar-refractivity contribution is -0.138. The first-order chi connectivity index (χ1) is 12.4. The molecule has 0 saturated heterocycles. The van der Waals surface area contributed by atoms with Gasteiger partial charge in [0.15, 0.2) is 0 Å². The fourth-order valence-corrected chi connectivity index (χ4v) is 3.02. The van der Waals surface area contributed by atoms with E-state index in [1.54, 1.807) is 6.92 Å². The van der Waals surface area contributed by atoms with E-state index in [-0.39, 0.29) is 16.3 Å². The molecule has 0 spiro atoms. The monoisotopic (exact) mass is 408 g/mol. The van der Waals surface area contributed by atoms with Crippen molar-refractivity contribution in [2.75, 3.05) is 17.7 Å². The number of benzene rings is 1. The number of alkyl halides is 6. The van der Waals surface area contributed by atoms with Gasteiger partial charge >= 0.3 is 12.4 Å². The molecule has 10 heteroatoms. The third-order valence-electron chi connectivity index (χ3n) is 3.56. The zero-order valence-electron chi connectivity index (χ0n) is 14.1. The maximum Gasteiger partial charge on any atom is 0.417 e. The fourth-order valence-electron chi connectivity index (χ4n) is 2.19. The van der Waals surface area contributed by atoms with Crippen LogP contribution in [0.5, 0.6) is 0 Å². The average Bonchev–Trinajstić information content (AvgIpc) is 2.59. The summed E-state index contributed by atoms with van der Waals surface area (Å²) >= 11 is 1.06. The second kappa shape index (κ2) is 7.79. The Morgan fingerprint density at radius 2 is 1.63 bits per heavy atom. The Morgan fingerprint density at radius 3 is 2.11 bits per heavy atom. The zero-order chi connectivity index (χ0) is 20.4. The van der Waals surface area contributed by atoms with Gasteiger partial charge in [0.2, 0.25) is 0 Å². The molecule has 1 heterocycles. The van der Waals surface area contributed by atoms with E-state index in [9.17, 15) is 31.1 Å². The summed E-state index contributed by atoms with van der Waals surface area (Å²) in [5, 5.41) is 0. The van der Waals surface area contributed by atoms with Gasteiger partial charge in [-0.05, 0) is 36.1 Å². The Hall–Kier alpha value is -2.23. The summed E-state index contributed by atoms with van der Waals surface area (Å²) in [6, 6.07) is 4.54. The lowest BCUT2D eigenvalue weighted by atomic mass is 10.1. The number of anilines is 1. The van der Waals surface area contributed by atoms with Gasteiger partial charge in [-0.25, -0.2) is 4.98 Å². The molecule has 0 saturated carbocycles. The summed E-state index contributed by atoms with van der Waals surface area (Å²) in [7, 11) is 1.29. The summed E-state index contributed by atoms with van der Waals surface area (Å²) in [5.41, 5.74) is -1.84. The predicted octanol–water partition coefficient (Wildman–Crippen LogP) is 5.51. The lowest BCUT2D eigenvalue weighted by Gasteiger charge is -2.19. The highest BCUT2D eigenvalue weighted by Gasteiger charge is 2.33. The van der Waals surface area contributed by atoms with Gasteiger partial charge in [-0.2, -0.15) is 26.3 Å². The first kappa shape index (κ1) is 21.1. The van der Waals surface area contributed by atoms with Crippen molar-refractivity contribution < 1.29 is 31.1 Å². The van der Waals surface area contributed by atoms with Crippen molar-refractivity contribution >= 4 is 23.5 Å². The molecular weight excluding hydrogens is 394 g/mol. The highest BCUT2D eigenvalue weighted by Crippen LogP contribution is 2.34. The molecule has 2 rings (SSSR count). The summed E-state index contributed by atoms with van der Waals surface area (Å²) in [6.07, 6.45) is -8.52. The first-order valence-corrected chi connectivity index (χ1v) is 8.59. The minimum Gasteiger partial charge on any atom is -0.296 e. The smallest absolute Gasteiger partial charge is 0.296 e. The van der Waals surface area contributed by atoms with Crippen LogP contribution in [0, 0.1) is 0 Å². The molecule has 0 fully saturated rings. The molecule has 0 N–H and O–H groups in total. The Kier molecular flexibility index (Phi) is 6.08. The Balaban J connectivity index is 2.35. The van der Waals surface area contributed by atoms with Gasteiger partial charge in [0.25, 0.3) is 5.91 Å². The van der Waals surface area contributed by atoms with Crippen molar-refractivity contribution in [1.29, 1.82) is 0 Å². The van der Waals surface area contributed by atoms with E-state index in [1.807, 2.05) is 0 Å². The van der Waals surface area contributed by atoms with E-state index in [0.29, 0.717) is 11.9 Å². The second-order valence-corrected chi connectivity index (χ2v) is 6.71. The predicted molar refractivity (Wildman–Crippen MR) is 89.8 cm³/mol. The van der Waals surface area contributed by atoms with Gasteiger partial charge in [-0.15, -0.1) is 11.8 Å². The van der Waals surface area contributed by atoms with Crippen LogP contribution in [-0.2, 0) is 12.4 Å². The summed E-state index contributed by atoms with van der Waals surface area (Å²) < 4.78 is 76.5. The first-order valence-electron chi connectivity index (χ1n) is 7.60. The van der Waals surface area contributed by atoms with Crippen LogP contribution in [0.3, 0.4) is 0 Å². The number of carbonyl (C=O) groups excluding carboxylic acids is 1. The molecule has 0 aliphatic rings. The molecule has 1 amide bonds. The van der Waals surface area contributed by atoms with Crippen LogP contribution in [0.4, 0.5) is 32.2 Å². The van der Waals surface area contributed by atoms with Gasteiger partial charge in [0.1, 0.15) is 5.82 Å². The SMILES string of the molecule is CCSc1cc(C(F)(F)F)ccc1C(=O)N(C)c1ccc(C(F)(F)F)cn1. The van der Waals surface area contributed by atoms with E-state index < -0.39 is 29.4 Å². The van der Waals surface area contributed by atoms with Crippen molar-refractivity contribution in [2.24, 2.45) is 0 Å². The number of aromatic nitrogens is 1. The number of halogens is 6.